The minimum absolute atomic E-state index is 0.0883. The fourth-order valence-electron chi connectivity index (χ4n) is 3.42. The molecule has 0 heterocycles. The number of nitriles is 1. The van der Waals surface area contributed by atoms with Crippen LogP contribution in [0.15, 0.2) is 48.5 Å². The van der Waals surface area contributed by atoms with E-state index in [0.29, 0.717) is 11.1 Å². The number of carbonyl (C=O) groups excluding carboxylic acids is 1. The predicted molar refractivity (Wildman–Crippen MR) is 105 cm³/mol. The van der Waals surface area contributed by atoms with Crippen molar-refractivity contribution in [1.82, 2.24) is 4.90 Å². The van der Waals surface area contributed by atoms with E-state index in [1.165, 1.54) is 42.5 Å². The van der Waals surface area contributed by atoms with E-state index in [2.05, 4.69) is 0 Å². The Morgan fingerprint density at radius 1 is 1.13 bits per heavy atom. The van der Waals surface area contributed by atoms with Crippen molar-refractivity contribution >= 4 is 5.91 Å². The number of nitrogens with zero attached hydrogens (tertiary/aromatic N) is 2. The van der Waals surface area contributed by atoms with Gasteiger partial charge >= 0.3 is 6.18 Å². The zero-order valence-electron chi connectivity index (χ0n) is 16.7. The number of hydrogen-bond donors (Lipinski definition) is 1. The number of benzene rings is 2. The summed E-state index contributed by atoms with van der Waals surface area (Å²) in [6.45, 7) is 2.91. The van der Waals surface area contributed by atoms with Gasteiger partial charge in [-0.3, -0.25) is 9.69 Å². The lowest BCUT2D eigenvalue weighted by molar-refractivity contribution is -0.192. The van der Waals surface area contributed by atoms with Gasteiger partial charge in [0.1, 0.15) is 11.9 Å². The number of hydrogen-bond acceptors (Lipinski definition) is 3. The first kappa shape index (κ1) is 23.4. The molecule has 0 aliphatic rings. The summed E-state index contributed by atoms with van der Waals surface area (Å²) in [6.07, 6.45) is -4.66. The van der Waals surface area contributed by atoms with E-state index in [1.807, 2.05) is 0 Å². The van der Waals surface area contributed by atoms with Crippen LogP contribution in [0.4, 0.5) is 17.6 Å². The van der Waals surface area contributed by atoms with Gasteiger partial charge in [0.15, 0.2) is 0 Å². The predicted octanol–water partition coefficient (Wildman–Crippen LogP) is 4.82. The van der Waals surface area contributed by atoms with Gasteiger partial charge in [0.2, 0.25) is 5.91 Å². The minimum Gasteiger partial charge on any atom is -0.368 e. The van der Waals surface area contributed by atoms with Crippen LogP contribution in [0.3, 0.4) is 0 Å². The fourth-order valence-corrected chi connectivity index (χ4v) is 3.42. The summed E-state index contributed by atoms with van der Waals surface area (Å²) in [7, 11) is 0. The Kier molecular flexibility index (Phi) is 7.57. The standard InChI is InChI=1S/C22H23F4N3O/c1-14(2)12-19(21(28)30)29(11-10-27)20(22(24,25)26)16-8-6-15(7-9-16)17-4-3-5-18(23)13-17/h3-9,13-14,19-20H,11-12H2,1-2H3,(H2,28,30)/t19-,20-/m0/s1. The van der Waals surface area contributed by atoms with Gasteiger partial charge in [0.05, 0.1) is 18.7 Å². The summed E-state index contributed by atoms with van der Waals surface area (Å²) in [5, 5.41) is 9.14. The van der Waals surface area contributed by atoms with Crippen molar-refractivity contribution in [1.29, 1.82) is 5.26 Å². The summed E-state index contributed by atoms with van der Waals surface area (Å²) >= 11 is 0. The summed E-state index contributed by atoms with van der Waals surface area (Å²) in [5.41, 5.74) is 6.33. The Balaban J connectivity index is 2.49. The van der Waals surface area contributed by atoms with Gasteiger partial charge in [0.25, 0.3) is 0 Å². The maximum absolute atomic E-state index is 14.1. The number of rotatable bonds is 8. The third kappa shape index (κ3) is 5.80. The molecule has 30 heavy (non-hydrogen) atoms. The number of nitrogens with two attached hydrogens (primary N) is 1. The molecule has 0 aliphatic carbocycles. The summed E-state index contributed by atoms with van der Waals surface area (Å²) < 4.78 is 55.6. The molecule has 0 saturated carbocycles. The van der Waals surface area contributed by atoms with Crippen molar-refractivity contribution < 1.29 is 22.4 Å². The maximum Gasteiger partial charge on any atom is 0.408 e. The largest absolute Gasteiger partial charge is 0.408 e. The summed E-state index contributed by atoms with van der Waals surface area (Å²) in [5.74, 6) is -1.47. The van der Waals surface area contributed by atoms with Crippen molar-refractivity contribution in [3.63, 3.8) is 0 Å². The average Bonchev–Trinajstić information content (AvgIpc) is 2.65. The molecule has 0 aromatic heterocycles. The van der Waals surface area contributed by atoms with Crippen LogP contribution in [0, 0.1) is 23.1 Å². The highest BCUT2D eigenvalue weighted by Crippen LogP contribution is 2.40. The fraction of sp³-hybridized carbons (Fsp3) is 0.364. The van der Waals surface area contributed by atoms with E-state index in [-0.39, 0.29) is 17.9 Å². The van der Waals surface area contributed by atoms with Crippen molar-refractivity contribution in [3.8, 4) is 17.2 Å². The molecule has 2 aromatic carbocycles. The molecule has 0 bridgehead atoms. The molecule has 0 saturated heterocycles. The Morgan fingerprint density at radius 3 is 2.23 bits per heavy atom. The minimum atomic E-state index is -4.75. The van der Waals surface area contributed by atoms with E-state index in [0.717, 1.165) is 4.90 Å². The molecular weight excluding hydrogens is 398 g/mol. The van der Waals surface area contributed by atoms with Crippen molar-refractivity contribution in [2.24, 2.45) is 11.7 Å². The quantitative estimate of drug-likeness (QED) is 0.491. The number of alkyl halides is 3. The molecule has 0 unspecified atom stereocenters. The first-order chi connectivity index (χ1) is 14.0. The molecule has 0 fully saturated rings. The number of carbonyl (C=O) groups is 1. The van der Waals surface area contributed by atoms with Gasteiger partial charge in [-0.2, -0.15) is 18.4 Å². The third-order valence-electron chi connectivity index (χ3n) is 4.70. The zero-order chi connectivity index (χ0) is 22.5. The second kappa shape index (κ2) is 9.72. The van der Waals surface area contributed by atoms with Crippen molar-refractivity contribution in [3.05, 3.63) is 59.9 Å². The lowest BCUT2D eigenvalue weighted by Crippen LogP contribution is -2.51. The van der Waals surface area contributed by atoms with E-state index in [9.17, 15) is 22.4 Å². The van der Waals surface area contributed by atoms with Gasteiger partial charge in [0, 0.05) is 0 Å². The van der Waals surface area contributed by atoms with Crippen LogP contribution < -0.4 is 5.73 Å². The first-order valence-corrected chi connectivity index (χ1v) is 9.39. The normalized spacial score (nSPS) is 13.8. The molecule has 2 aromatic rings. The van der Waals surface area contributed by atoms with Gasteiger partial charge in [-0.15, -0.1) is 0 Å². The highest BCUT2D eigenvalue weighted by molar-refractivity contribution is 5.80. The van der Waals surface area contributed by atoms with Gasteiger partial charge < -0.3 is 5.73 Å². The second-order valence-electron chi connectivity index (χ2n) is 7.45. The van der Waals surface area contributed by atoms with Crippen LogP contribution in [-0.4, -0.2) is 29.6 Å². The van der Waals surface area contributed by atoms with Crippen LogP contribution in [0.1, 0.15) is 31.9 Å². The van der Waals surface area contributed by atoms with E-state index < -0.39 is 36.5 Å². The van der Waals surface area contributed by atoms with Gasteiger partial charge in [-0.25, -0.2) is 4.39 Å². The maximum atomic E-state index is 14.1. The molecule has 4 nitrogen and oxygen atoms in total. The molecular formula is C22H23F4N3O. The number of primary amides is 1. The molecule has 0 radical (unpaired) electrons. The van der Waals surface area contributed by atoms with Crippen LogP contribution in [0.2, 0.25) is 0 Å². The molecule has 1 amide bonds. The van der Waals surface area contributed by atoms with E-state index in [4.69, 9.17) is 11.0 Å². The molecule has 2 N–H and O–H groups in total. The molecule has 160 valence electrons. The lowest BCUT2D eigenvalue weighted by atomic mass is 9.95. The Morgan fingerprint density at radius 2 is 1.77 bits per heavy atom. The van der Waals surface area contributed by atoms with Crippen LogP contribution in [0.5, 0.6) is 0 Å². The Hall–Kier alpha value is -2.92. The number of halogens is 4. The topological polar surface area (TPSA) is 70.1 Å². The summed E-state index contributed by atoms with van der Waals surface area (Å²) in [6, 6.07) is 9.45. The van der Waals surface area contributed by atoms with Gasteiger partial charge in [-0.1, -0.05) is 50.2 Å². The van der Waals surface area contributed by atoms with Crippen LogP contribution >= 0.6 is 0 Å². The van der Waals surface area contributed by atoms with Crippen LogP contribution in [0.25, 0.3) is 11.1 Å². The average molecular weight is 421 g/mol. The Labute approximate surface area is 172 Å². The molecule has 8 heteroatoms. The first-order valence-electron chi connectivity index (χ1n) is 9.39. The highest BCUT2D eigenvalue weighted by atomic mass is 19.4. The monoisotopic (exact) mass is 421 g/mol. The number of amides is 1. The lowest BCUT2D eigenvalue weighted by Gasteiger charge is -2.37. The summed E-state index contributed by atoms with van der Waals surface area (Å²) in [4.78, 5) is 12.8. The van der Waals surface area contributed by atoms with E-state index >= 15 is 0 Å². The Bertz CT molecular complexity index is 904. The van der Waals surface area contributed by atoms with Crippen molar-refractivity contribution in [2.75, 3.05) is 6.54 Å². The van der Waals surface area contributed by atoms with Crippen LogP contribution in [-0.2, 0) is 4.79 Å². The molecule has 2 rings (SSSR count). The van der Waals surface area contributed by atoms with Gasteiger partial charge in [-0.05, 0) is 41.2 Å². The molecule has 0 spiro atoms. The molecule has 2 atom stereocenters. The zero-order valence-corrected chi connectivity index (χ0v) is 16.7. The SMILES string of the molecule is CC(C)C[C@@H](C(N)=O)N(CC#N)[C@@H](c1ccc(-c2cccc(F)c2)cc1)C(F)(F)F. The van der Waals surface area contributed by atoms with E-state index in [1.54, 1.807) is 26.0 Å². The smallest absolute Gasteiger partial charge is 0.368 e. The highest BCUT2D eigenvalue weighted by Gasteiger charge is 2.47. The third-order valence-corrected chi connectivity index (χ3v) is 4.70. The van der Waals surface area contributed by atoms with Crippen molar-refractivity contribution in [2.45, 2.75) is 38.5 Å². The molecule has 0 aliphatic heterocycles. The second-order valence-corrected chi connectivity index (χ2v) is 7.45.